The highest BCUT2D eigenvalue weighted by atomic mass is 35.5. The van der Waals surface area contributed by atoms with Crippen molar-refractivity contribution in [1.29, 1.82) is 0 Å². The van der Waals surface area contributed by atoms with Gasteiger partial charge in [0.1, 0.15) is 0 Å². The van der Waals surface area contributed by atoms with E-state index in [1.807, 2.05) is 0 Å². The van der Waals surface area contributed by atoms with Gasteiger partial charge in [0.25, 0.3) is 0 Å². The predicted molar refractivity (Wildman–Crippen MR) is 105 cm³/mol. The maximum atomic E-state index is 12.8. The van der Waals surface area contributed by atoms with E-state index in [9.17, 15) is 4.79 Å². The number of nitrogens with one attached hydrogen (secondary N) is 2. The lowest BCUT2D eigenvalue weighted by Crippen LogP contribution is -2.29. The smallest absolute Gasteiger partial charge is 0.224 e. The summed E-state index contributed by atoms with van der Waals surface area (Å²) in [6.45, 7) is 2.55. The molecule has 4 heteroatoms. The molecule has 3 aliphatic rings. The van der Waals surface area contributed by atoms with E-state index in [-0.39, 0.29) is 29.6 Å². The number of benzene rings is 2. The van der Waals surface area contributed by atoms with E-state index >= 15 is 0 Å². The molecule has 2 aromatic carbocycles. The fraction of sp³-hybridized carbons (Fsp3) is 0.409. The molecule has 2 unspecified atom stereocenters. The Kier molecular flexibility index (Phi) is 4.54. The fourth-order valence-electron chi connectivity index (χ4n) is 4.95. The highest BCUT2D eigenvalue weighted by Gasteiger charge is 2.59. The zero-order chi connectivity index (χ0) is 16.9. The molecular weight excluding hydrogens is 344 g/mol. The number of rotatable bonds is 3. The van der Waals surface area contributed by atoms with Crippen LogP contribution in [0.15, 0.2) is 42.5 Å². The first-order valence-corrected chi connectivity index (χ1v) is 9.44. The molecule has 5 rings (SSSR count). The Balaban J connectivity index is 0.00000168. The Hall–Kier alpha value is -1.84. The number of amides is 1. The topological polar surface area (TPSA) is 41.1 Å². The van der Waals surface area contributed by atoms with Crippen LogP contribution in [-0.2, 0) is 36.3 Å². The summed E-state index contributed by atoms with van der Waals surface area (Å²) >= 11 is 0. The largest absolute Gasteiger partial charge is 0.352 e. The van der Waals surface area contributed by atoms with Gasteiger partial charge in [-0.3, -0.25) is 4.79 Å². The van der Waals surface area contributed by atoms with E-state index in [1.165, 1.54) is 34.2 Å². The van der Waals surface area contributed by atoms with E-state index < -0.39 is 0 Å². The quantitative estimate of drug-likeness (QED) is 0.868. The first-order valence-electron chi connectivity index (χ1n) is 9.44. The second kappa shape index (κ2) is 6.71. The van der Waals surface area contributed by atoms with Crippen LogP contribution < -0.4 is 10.6 Å². The molecule has 1 heterocycles. The number of halogens is 1. The van der Waals surface area contributed by atoms with Gasteiger partial charge in [0, 0.05) is 31.0 Å². The van der Waals surface area contributed by atoms with Crippen LogP contribution in [0.4, 0.5) is 0 Å². The van der Waals surface area contributed by atoms with Gasteiger partial charge in [-0.2, -0.15) is 0 Å². The zero-order valence-electron chi connectivity index (χ0n) is 14.9. The summed E-state index contributed by atoms with van der Waals surface area (Å²) in [6.07, 6.45) is 4.55. The van der Waals surface area contributed by atoms with Gasteiger partial charge < -0.3 is 10.6 Å². The summed E-state index contributed by atoms with van der Waals surface area (Å²) in [6, 6.07) is 15.3. The molecule has 0 aromatic heterocycles. The van der Waals surface area contributed by atoms with Crippen LogP contribution in [0.1, 0.15) is 47.1 Å². The zero-order valence-corrected chi connectivity index (χ0v) is 15.7. The molecule has 1 saturated carbocycles. The van der Waals surface area contributed by atoms with Crippen molar-refractivity contribution < 1.29 is 4.79 Å². The van der Waals surface area contributed by atoms with Gasteiger partial charge in [-0.15, -0.1) is 12.4 Å². The van der Waals surface area contributed by atoms with Gasteiger partial charge >= 0.3 is 0 Å². The first kappa shape index (κ1) is 17.6. The number of carbonyl (C=O) groups excluding carboxylic acids is 1. The molecule has 1 spiro atoms. The standard InChI is InChI=1S/C22H24N2O.ClH/c25-21(24-12-15-7-8-17-13-23-14-18(17)10-15)20-11-22(20)9-3-5-16-4-1-2-6-19(16)22;/h1-2,4,6-8,10,20,23H,3,5,9,11-14H2,(H,24,25);1H. The Morgan fingerprint density at radius 3 is 2.88 bits per heavy atom. The molecule has 26 heavy (non-hydrogen) atoms. The van der Waals surface area contributed by atoms with Crippen molar-refractivity contribution in [3.63, 3.8) is 0 Å². The summed E-state index contributed by atoms with van der Waals surface area (Å²) in [5, 5.41) is 6.56. The number of aryl methyl sites for hydroxylation is 1. The summed E-state index contributed by atoms with van der Waals surface area (Å²) in [5.41, 5.74) is 6.97. The Bertz CT molecular complexity index is 850. The molecule has 1 amide bonds. The van der Waals surface area contributed by atoms with Gasteiger partial charge in [-0.05, 0) is 53.5 Å². The van der Waals surface area contributed by atoms with Gasteiger partial charge in [0.15, 0.2) is 0 Å². The number of hydrogen-bond acceptors (Lipinski definition) is 2. The molecule has 0 saturated heterocycles. The molecule has 2 N–H and O–H groups in total. The minimum Gasteiger partial charge on any atom is -0.352 e. The number of carbonyl (C=O) groups is 1. The van der Waals surface area contributed by atoms with Crippen LogP contribution in [0.2, 0.25) is 0 Å². The normalized spacial score (nSPS) is 25.2. The first-order chi connectivity index (χ1) is 12.3. The number of fused-ring (bicyclic) bond motifs is 3. The van der Waals surface area contributed by atoms with Gasteiger partial charge in [-0.1, -0.05) is 42.5 Å². The van der Waals surface area contributed by atoms with Crippen molar-refractivity contribution in [2.24, 2.45) is 5.92 Å². The van der Waals surface area contributed by atoms with E-state index in [0.717, 1.165) is 32.4 Å². The van der Waals surface area contributed by atoms with Gasteiger partial charge in [0.2, 0.25) is 5.91 Å². The molecule has 1 aliphatic heterocycles. The van der Waals surface area contributed by atoms with Crippen LogP contribution in [-0.4, -0.2) is 5.91 Å². The molecule has 2 atom stereocenters. The van der Waals surface area contributed by atoms with Crippen molar-refractivity contribution in [3.8, 4) is 0 Å². The van der Waals surface area contributed by atoms with Gasteiger partial charge in [0.05, 0.1) is 0 Å². The molecular formula is C22H25ClN2O. The fourth-order valence-corrected chi connectivity index (χ4v) is 4.95. The highest BCUT2D eigenvalue weighted by molar-refractivity contribution is 5.85. The van der Waals surface area contributed by atoms with Crippen LogP contribution in [0.5, 0.6) is 0 Å². The van der Waals surface area contributed by atoms with E-state index in [1.54, 1.807) is 0 Å². The van der Waals surface area contributed by atoms with Crippen molar-refractivity contribution in [2.45, 2.75) is 50.7 Å². The summed E-state index contributed by atoms with van der Waals surface area (Å²) < 4.78 is 0. The molecule has 2 aliphatic carbocycles. The van der Waals surface area contributed by atoms with Gasteiger partial charge in [-0.25, -0.2) is 0 Å². The maximum absolute atomic E-state index is 12.8. The van der Waals surface area contributed by atoms with Crippen LogP contribution in [0.25, 0.3) is 0 Å². The molecule has 0 radical (unpaired) electrons. The molecule has 2 aromatic rings. The van der Waals surface area contributed by atoms with Crippen molar-refractivity contribution in [1.82, 2.24) is 10.6 Å². The van der Waals surface area contributed by atoms with Crippen LogP contribution >= 0.6 is 12.4 Å². The summed E-state index contributed by atoms with van der Waals surface area (Å²) in [5.74, 6) is 0.389. The monoisotopic (exact) mass is 368 g/mol. The minimum atomic E-state index is 0. The van der Waals surface area contributed by atoms with Crippen LogP contribution in [0, 0.1) is 5.92 Å². The summed E-state index contributed by atoms with van der Waals surface area (Å²) in [4.78, 5) is 12.8. The van der Waals surface area contributed by atoms with E-state index in [2.05, 4.69) is 53.1 Å². The molecule has 1 fully saturated rings. The molecule has 136 valence electrons. The molecule has 3 nitrogen and oxygen atoms in total. The predicted octanol–water partition coefficient (Wildman–Crippen LogP) is 3.62. The SMILES string of the molecule is Cl.O=C(NCc1ccc2c(c1)CNC2)C1CC12CCCc1ccccc12. The second-order valence-corrected chi connectivity index (χ2v) is 7.85. The third-order valence-corrected chi connectivity index (χ3v) is 6.38. The van der Waals surface area contributed by atoms with Crippen molar-refractivity contribution >= 4 is 18.3 Å². The van der Waals surface area contributed by atoms with Crippen molar-refractivity contribution in [2.75, 3.05) is 0 Å². The minimum absolute atomic E-state index is 0. The highest BCUT2D eigenvalue weighted by Crippen LogP contribution is 2.60. The lowest BCUT2D eigenvalue weighted by atomic mass is 9.78. The third kappa shape index (κ3) is 2.83. The maximum Gasteiger partial charge on any atom is 0.224 e. The average Bonchev–Trinajstić information content (AvgIpc) is 3.16. The second-order valence-electron chi connectivity index (χ2n) is 7.85. The Morgan fingerprint density at radius 1 is 1.12 bits per heavy atom. The van der Waals surface area contributed by atoms with E-state index in [4.69, 9.17) is 0 Å². The Morgan fingerprint density at radius 2 is 1.96 bits per heavy atom. The van der Waals surface area contributed by atoms with E-state index in [0.29, 0.717) is 6.54 Å². The summed E-state index contributed by atoms with van der Waals surface area (Å²) in [7, 11) is 0. The lowest BCUT2D eigenvalue weighted by molar-refractivity contribution is -0.123. The average molecular weight is 369 g/mol. The van der Waals surface area contributed by atoms with Crippen molar-refractivity contribution in [3.05, 3.63) is 70.3 Å². The molecule has 0 bridgehead atoms. The number of hydrogen-bond donors (Lipinski definition) is 2. The Labute approximate surface area is 161 Å². The third-order valence-electron chi connectivity index (χ3n) is 6.38. The lowest BCUT2D eigenvalue weighted by Gasteiger charge is -2.26. The van der Waals surface area contributed by atoms with Crippen LogP contribution in [0.3, 0.4) is 0 Å².